The Hall–Kier alpha value is -1.33. The third-order valence-electron chi connectivity index (χ3n) is 3.65. The lowest BCUT2D eigenvalue weighted by atomic mass is 10.0. The molecule has 2 rings (SSSR count). The van der Waals surface area contributed by atoms with Gasteiger partial charge in [0.15, 0.2) is 11.5 Å². The van der Waals surface area contributed by atoms with Crippen LogP contribution in [0.3, 0.4) is 0 Å². The third kappa shape index (κ3) is 2.98. The van der Waals surface area contributed by atoms with Gasteiger partial charge in [-0.15, -0.1) is 0 Å². The highest BCUT2D eigenvalue weighted by atomic mass is 19.1. The zero-order valence-electron chi connectivity index (χ0n) is 11.7. The monoisotopic (exact) mass is 268 g/mol. The number of halogens is 1. The molecule has 0 unspecified atom stereocenters. The Bertz CT molecular complexity index is 434. The molecule has 1 N–H and O–H groups in total. The van der Waals surface area contributed by atoms with Crippen molar-refractivity contribution >= 4 is 0 Å². The molecule has 5 heteroatoms. The summed E-state index contributed by atoms with van der Waals surface area (Å²) in [6, 6.07) is 3.16. The first-order valence-electron chi connectivity index (χ1n) is 6.53. The van der Waals surface area contributed by atoms with Crippen molar-refractivity contribution in [3.63, 3.8) is 0 Å². The van der Waals surface area contributed by atoms with E-state index in [2.05, 4.69) is 10.2 Å². The molecular weight excluding hydrogens is 247 g/mol. The highest BCUT2D eigenvalue weighted by Crippen LogP contribution is 2.34. The molecule has 1 aliphatic heterocycles. The first kappa shape index (κ1) is 14.1. The van der Waals surface area contributed by atoms with Crippen molar-refractivity contribution in [2.75, 3.05) is 40.4 Å². The lowest BCUT2D eigenvalue weighted by molar-refractivity contribution is 0.182. The number of benzene rings is 1. The number of nitrogens with zero attached hydrogens (tertiary/aromatic N) is 1. The van der Waals surface area contributed by atoms with E-state index >= 15 is 0 Å². The molecule has 0 bridgehead atoms. The molecule has 1 aromatic carbocycles. The summed E-state index contributed by atoms with van der Waals surface area (Å²) < 4.78 is 24.5. The smallest absolute Gasteiger partial charge is 0.163 e. The van der Waals surface area contributed by atoms with Crippen LogP contribution in [0.5, 0.6) is 11.5 Å². The fourth-order valence-corrected chi connectivity index (χ4v) is 2.46. The summed E-state index contributed by atoms with van der Waals surface area (Å²) in [5.74, 6) is 0.751. The summed E-state index contributed by atoms with van der Waals surface area (Å²) in [5.41, 5.74) is 0.652. The maximum Gasteiger partial charge on any atom is 0.163 e. The van der Waals surface area contributed by atoms with Gasteiger partial charge in [-0.1, -0.05) is 0 Å². The van der Waals surface area contributed by atoms with E-state index in [1.54, 1.807) is 13.2 Å². The molecule has 0 aliphatic carbocycles. The van der Waals surface area contributed by atoms with Gasteiger partial charge in [-0.05, 0) is 13.0 Å². The highest BCUT2D eigenvalue weighted by Gasteiger charge is 2.22. The normalized spacial score (nSPS) is 18.1. The maximum absolute atomic E-state index is 14.2. The van der Waals surface area contributed by atoms with Crippen LogP contribution >= 0.6 is 0 Å². The molecule has 106 valence electrons. The molecule has 1 fully saturated rings. The van der Waals surface area contributed by atoms with Crippen molar-refractivity contribution in [2.24, 2.45) is 0 Å². The minimum absolute atomic E-state index is 0.0295. The Labute approximate surface area is 113 Å². The minimum atomic E-state index is -0.247. The van der Waals surface area contributed by atoms with E-state index in [-0.39, 0.29) is 11.9 Å². The number of piperazine rings is 1. The molecule has 0 amide bonds. The van der Waals surface area contributed by atoms with E-state index in [0.717, 1.165) is 26.2 Å². The van der Waals surface area contributed by atoms with E-state index < -0.39 is 0 Å². The number of nitrogens with one attached hydrogen (secondary N) is 1. The number of ether oxygens (including phenoxy) is 2. The molecule has 1 saturated heterocycles. The number of hydrogen-bond donors (Lipinski definition) is 1. The van der Waals surface area contributed by atoms with Crippen LogP contribution in [-0.4, -0.2) is 45.3 Å². The molecule has 0 radical (unpaired) electrons. The van der Waals surface area contributed by atoms with Crippen LogP contribution < -0.4 is 14.8 Å². The van der Waals surface area contributed by atoms with E-state index in [1.165, 1.54) is 13.2 Å². The van der Waals surface area contributed by atoms with Gasteiger partial charge in [-0.2, -0.15) is 0 Å². The quantitative estimate of drug-likeness (QED) is 0.903. The summed E-state index contributed by atoms with van der Waals surface area (Å²) >= 11 is 0. The SMILES string of the molecule is COc1cc(F)c([C@H](C)N2CCNCC2)cc1OC. The second-order valence-corrected chi connectivity index (χ2v) is 4.69. The maximum atomic E-state index is 14.2. The van der Waals surface area contributed by atoms with Crippen molar-refractivity contribution < 1.29 is 13.9 Å². The van der Waals surface area contributed by atoms with Crippen LogP contribution in [0.4, 0.5) is 4.39 Å². The first-order valence-corrected chi connectivity index (χ1v) is 6.53. The van der Waals surface area contributed by atoms with E-state index in [9.17, 15) is 4.39 Å². The van der Waals surface area contributed by atoms with Gasteiger partial charge in [0, 0.05) is 43.9 Å². The average Bonchev–Trinajstić information content (AvgIpc) is 2.47. The number of rotatable bonds is 4. The topological polar surface area (TPSA) is 33.7 Å². The fourth-order valence-electron chi connectivity index (χ4n) is 2.46. The molecule has 0 aromatic heterocycles. The van der Waals surface area contributed by atoms with Gasteiger partial charge in [-0.3, -0.25) is 4.90 Å². The van der Waals surface area contributed by atoms with Gasteiger partial charge in [0.2, 0.25) is 0 Å². The van der Waals surface area contributed by atoms with Crippen LogP contribution in [0.1, 0.15) is 18.5 Å². The zero-order chi connectivity index (χ0) is 13.8. The van der Waals surface area contributed by atoms with Crippen molar-refractivity contribution in [1.29, 1.82) is 0 Å². The summed E-state index contributed by atoms with van der Waals surface area (Å²) in [6.45, 7) is 5.76. The van der Waals surface area contributed by atoms with Crippen molar-refractivity contribution in [2.45, 2.75) is 13.0 Å². The molecular formula is C14H21FN2O2. The van der Waals surface area contributed by atoms with Crippen LogP contribution in [-0.2, 0) is 0 Å². The summed E-state index contributed by atoms with van der Waals surface area (Å²) in [7, 11) is 3.08. The lowest BCUT2D eigenvalue weighted by Crippen LogP contribution is -2.44. The van der Waals surface area contributed by atoms with E-state index in [1.807, 2.05) is 6.92 Å². The molecule has 1 aromatic rings. The number of hydrogen-bond acceptors (Lipinski definition) is 4. The second kappa shape index (κ2) is 6.21. The zero-order valence-corrected chi connectivity index (χ0v) is 11.7. The van der Waals surface area contributed by atoms with Gasteiger partial charge >= 0.3 is 0 Å². The van der Waals surface area contributed by atoms with Crippen molar-refractivity contribution in [3.05, 3.63) is 23.5 Å². The summed E-state index contributed by atoms with van der Waals surface area (Å²) in [4.78, 5) is 2.26. The standard InChI is InChI=1S/C14H21FN2O2/c1-10(17-6-4-16-5-7-17)11-8-13(18-2)14(19-3)9-12(11)15/h8-10,16H,4-7H2,1-3H3/t10-/m0/s1. The van der Waals surface area contributed by atoms with Gasteiger partial charge in [0.25, 0.3) is 0 Å². The fraction of sp³-hybridized carbons (Fsp3) is 0.571. The molecule has 1 heterocycles. The largest absolute Gasteiger partial charge is 0.493 e. The Morgan fingerprint density at radius 3 is 2.32 bits per heavy atom. The average molecular weight is 268 g/mol. The Morgan fingerprint density at radius 2 is 1.74 bits per heavy atom. The van der Waals surface area contributed by atoms with E-state index in [0.29, 0.717) is 17.1 Å². The molecule has 1 aliphatic rings. The molecule has 4 nitrogen and oxygen atoms in total. The Balaban J connectivity index is 2.27. The van der Waals surface area contributed by atoms with Gasteiger partial charge in [-0.25, -0.2) is 4.39 Å². The third-order valence-corrected chi connectivity index (χ3v) is 3.65. The highest BCUT2D eigenvalue weighted by molar-refractivity contribution is 5.44. The molecule has 0 spiro atoms. The Kier molecular flexibility index (Phi) is 4.61. The number of methoxy groups -OCH3 is 2. The second-order valence-electron chi connectivity index (χ2n) is 4.69. The molecule has 19 heavy (non-hydrogen) atoms. The van der Waals surface area contributed by atoms with Crippen molar-refractivity contribution in [3.8, 4) is 11.5 Å². The van der Waals surface area contributed by atoms with Gasteiger partial charge in [0.05, 0.1) is 14.2 Å². The lowest BCUT2D eigenvalue weighted by Gasteiger charge is -2.33. The van der Waals surface area contributed by atoms with Gasteiger partial charge in [0.1, 0.15) is 5.82 Å². The van der Waals surface area contributed by atoms with Crippen molar-refractivity contribution in [1.82, 2.24) is 10.2 Å². The van der Waals surface area contributed by atoms with Gasteiger partial charge < -0.3 is 14.8 Å². The molecule has 0 saturated carbocycles. The first-order chi connectivity index (χ1) is 9.17. The van der Waals surface area contributed by atoms with Crippen LogP contribution in [0.25, 0.3) is 0 Å². The summed E-state index contributed by atoms with van der Waals surface area (Å²) in [5, 5.41) is 3.30. The predicted octanol–water partition coefficient (Wildman–Crippen LogP) is 1.81. The van der Waals surface area contributed by atoms with Crippen LogP contribution in [0.15, 0.2) is 12.1 Å². The Morgan fingerprint density at radius 1 is 1.16 bits per heavy atom. The summed E-state index contributed by atoms with van der Waals surface area (Å²) in [6.07, 6.45) is 0. The minimum Gasteiger partial charge on any atom is -0.493 e. The van der Waals surface area contributed by atoms with E-state index in [4.69, 9.17) is 9.47 Å². The predicted molar refractivity (Wildman–Crippen MR) is 72.4 cm³/mol. The molecule has 1 atom stereocenters. The van der Waals surface area contributed by atoms with Crippen LogP contribution in [0.2, 0.25) is 0 Å². The van der Waals surface area contributed by atoms with Crippen LogP contribution in [0, 0.1) is 5.82 Å².